The molecule has 0 atom stereocenters. The van der Waals surface area contributed by atoms with Gasteiger partial charge in [0, 0.05) is 11.6 Å². The van der Waals surface area contributed by atoms with E-state index in [1.165, 1.54) is 0 Å². The van der Waals surface area contributed by atoms with Gasteiger partial charge in [0.15, 0.2) is 9.84 Å². The van der Waals surface area contributed by atoms with Crippen LogP contribution in [-0.2, 0) is 9.84 Å². The van der Waals surface area contributed by atoms with Crippen LogP contribution in [0.25, 0.3) is 6.08 Å². The summed E-state index contributed by atoms with van der Waals surface area (Å²) in [6, 6.07) is 5.47. The average Bonchev–Trinajstić information content (AvgIpc) is 2.27. The summed E-state index contributed by atoms with van der Waals surface area (Å²) in [5, 5.41) is 0.982. The highest BCUT2D eigenvalue weighted by atomic mass is 32.2. The molecule has 1 aromatic rings. The number of rotatable bonds is 4. The maximum Gasteiger partial charge on any atom is 0.179 e. The van der Waals surface area contributed by atoms with Crippen LogP contribution >= 0.6 is 0 Å². The lowest BCUT2D eigenvalue weighted by Crippen LogP contribution is -2.27. The van der Waals surface area contributed by atoms with Crippen molar-refractivity contribution >= 4 is 15.9 Å². The molecular formula is C12H15NO2S. The molecule has 16 heavy (non-hydrogen) atoms. The van der Waals surface area contributed by atoms with E-state index in [4.69, 9.17) is 0 Å². The Hall–Kier alpha value is -1.42. The number of aromatic nitrogens is 1. The standard InChI is InChI=1S/C12H15NO2S/c1-4-16(14,15)12(2,3)9-8-11-7-5-6-10-13-11/h4-10H,1H2,2-3H3/b9-8+. The van der Waals surface area contributed by atoms with E-state index in [1.807, 2.05) is 18.2 Å². The van der Waals surface area contributed by atoms with E-state index in [1.54, 1.807) is 32.2 Å². The first-order valence-corrected chi connectivity index (χ1v) is 6.41. The first-order chi connectivity index (χ1) is 7.39. The monoisotopic (exact) mass is 237 g/mol. The molecule has 0 unspecified atom stereocenters. The van der Waals surface area contributed by atoms with Crippen LogP contribution in [0, 0.1) is 0 Å². The molecule has 0 saturated heterocycles. The fraction of sp³-hybridized carbons (Fsp3) is 0.250. The van der Waals surface area contributed by atoms with E-state index < -0.39 is 14.6 Å². The third kappa shape index (κ3) is 2.79. The highest BCUT2D eigenvalue weighted by molar-refractivity contribution is 7.95. The van der Waals surface area contributed by atoms with Gasteiger partial charge in [0.05, 0.1) is 10.4 Å². The second kappa shape index (κ2) is 4.61. The molecule has 0 radical (unpaired) electrons. The Morgan fingerprint density at radius 2 is 2.06 bits per heavy atom. The van der Waals surface area contributed by atoms with Gasteiger partial charge in [0.1, 0.15) is 0 Å². The van der Waals surface area contributed by atoms with E-state index in [0.29, 0.717) is 0 Å². The molecule has 0 amide bonds. The summed E-state index contributed by atoms with van der Waals surface area (Å²) in [7, 11) is -3.32. The van der Waals surface area contributed by atoms with Crippen molar-refractivity contribution < 1.29 is 8.42 Å². The Bertz CT molecular complexity index is 487. The molecule has 0 bridgehead atoms. The minimum atomic E-state index is -3.32. The quantitative estimate of drug-likeness (QED) is 0.808. The fourth-order valence-electron chi connectivity index (χ4n) is 1.07. The number of sulfone groups is 1. The summed E-state index contributed by atoms with van der Waals surface area (Å²) in [6.07, 6.45) is 4.97. The Morgan fingerprint density at radius 1 is 1.38 bits per heavy atom. The molecule has 1 heterocycles. The minimum Gasteiger partial charge on any atom is -0.257 e. The van der Waals surface area contributed by atoms with Crippen molar-refractivity contribution in [2.24, 2.45) is 0 Å². The van der Waals surface area contributed by atoms with Crippen molar-refractivity contribution in [3.05, 3.63) is 48.2 Å². The van der Waals surface area contributed by atoms with E-state index in [2.05, 4.69) is 11.6 Å². The summed E-state index contributed by atoms with van der Waals surface area (Å²) in [4.78, 5) is 4.08. The molecule has 3 nitrogen and oxygen atoms in total. The van der Waals surface area contributed by atoms with Crippen molar-refractivity contribution in [1.82, 2.24) is 4.98 Å². The Kier molecular flexibility index (Phi) is 3.65. The molecule has 0 aliphatic heterocycles. The van der Waals surface area contributed by atoms with Gasteiger partial charge in [-0.2, -0.15) is 0 Å². The van der Waals surface area contributed by atoms with Crippen LogP contribution in [0.5, 0.6) is 0 Å². The van der Waals surface area contributed by atoms with Gasteiger partial charge in [-0.25, -0.2) is 8.42 Å². The molecule has 0 N–H and O–H groups in total. The maximum atomic E-state index is 11.7. The largest absolute Gasteiger partial charge is 0.257 e. The van der Waals surface area contributed by atoms with Gasteiger partial charge in [0.25, 0.3) is 0 Å². The molecule has 4 heteroatoms. The highest BCUT2D eigenvalue weighted by Crippen LogP contribution is 2.20. The lowest BCUT2D eigenvalue weighted by molar-refractivity contribution is 0.582. The van der Waals surface area contributed by atoms with Crippen LogP contribution in [0.15, 0.2) is 42.5 Å². The molecule has 0 saturated carbocycles. The van der Waals surface area contributed by atoms with Crippen molar-refractivity contribution in [2.45, 2.75) is 18.6 Å². The molecule has 1 rings (SSSR count). The minimum absolute atomic E-state index is 0.731. The smallest absolute Gasteiger partial charge is 0.179 e. The second-order valence-electron chi connectivity index (χ2n) is 3.90. The maximum absolute atomic E-state index is 11.7. The third-order valence-electron chi connectivity index (χ3n) is 2.30. The fourth-order valence-corrected chi connectivity index (χ4v) is 1.76. The van der Waals surface area contributed by atoms with Crippen LogP contribution < -0.4 is 0 Å². The number of hydrogen-bond acceptors (Lipinski definition) is 3. The van der Waals surface area contributed by atoms with E-state index in [9.17, 15) is 8.42 Å². The van der Waals surface area contributed by atoms with Gasteiger partial charge in [-0.1, -0.05) is 18.7 Å². The predicted octanol–water partition coefficient (Wildman–Crippen LogP) is 2.43. The third-order valence-corrected chi connectivity index (χ3v) is 4.34. The van der Waals surface area contributed by atoms with Gasteiger partial charge >= 0.3 is 0 Å². The van der Waals surface area contributed by atoms with Crippen LogP contribution in [0.1, 0.15) is 19.5 Å². The van der Waals surface area contributed by atoms with Gasteiger partial charge in [-0.3, -0.25) is 4.98 Å². The number of hydrogen-bond donors (Lipinski definition) is 0. The summed E-state index contributed by atoms with van der Waals surface area (Å²) in [6.45, 7) is 6.57. The van der Waals surface area contributed by atoms with Crippen molar-refractivity contribution in [2.75, 3.05) is 0 Å². The van der Waals surface area contributed by atoms with Gasteiger partial charge in [-0.15, -0.1) is 0 Å². The molecule has 0 aromatic carbocycles. The Labute approximate surface area is 96.5 Å². The highest BCUT2D eigenvalue weighted by Gasteiger charge is 2.28. The lowest BCUT2D eigenvalue weighted by Gasteiger charge is -2.17. The zero-order valence-corrected chi connectivity index (χ0v) is 10.2. The first kappa shape index (κ1) is 12.6. The number of pyridine rings is 1. The predicted molar refractivity (Wildman–Crippen MR) is 66.5 cm³/mol. The average molecular weight is 237 g/mol. The van der Waals surface area contributed by atoms with Crippen LogP contribution in [0.4, 0.5) is 0 Å². The van der Waals surface area contributed by atoms with Crippen LogP contribution in [0.3, 0.4) is 0 Å². The summed E-state index contributed by atoms with van der Waals surface area (Å²) >= 11 is 0. The molecule has 1 aromatic heterocycles. The molecule has 0 fully saturated rings. The van der Waals surface area contributed by atoms with Crippen molar-refractivity contribution in [1.29, 1.82) is 0 Å². The molecule has 86 valence electrons. The zero-order valence-electron chi connectivity index (χ0n) is 9.42. The van der Waals surface area contributed by atoms with Gasteiger partial charge < -0.3 is 0 Å². The van der Waals surface area contributed by atoms with E-state index >= 15 is 0 Å². The topological polar surface area (TPSA) is 47.0 Å². The normalized spacial score (nSPS) is 12.9. The van der Waals surface area contributed by atoms with Crippen molar-refractivity contribution in [3.63, 3.8) is 0 Å². The van der Waals surface area contributed by atoms with E-state index in [0.717, 1.165) is 11.1 Å². The summed E-state index contributed by atoms with van der Waals surface area (Å²) in [5.74, 6) is 0. The van der Waals surface area contributed by atoms with E-state index in [-0.39, 0.29) is 0 Å². The first-order valence-electron chi connectivity index (χ1n) is 4.86. The lowest BCUT2D eigenvalue weighted by atomic mass is 10.2. The zero-order chi connectivity index (χ0) is 12.2. The molecular weight excluding hydrogens is 222 g/mol. The molecule has 0 aliphatic carbocycles. The summed E-state index contributed by atoms with van der Waals surface area (Å²) < 4.78 is 22.3. The van der Waals surface area contributed by atoms with Crippen molar-refractivity contribution in [3.8, 4) is 0 Å². The second-order valence-corrected chi connectivity index (χ2v) is 6.38. The van der Waals surface area contributed by atoms with Gasteiger partial charge in [0.2, 0.25) is 0 Å². The molecule has 0 spiro atoms. The summed E-state index contributed by atoms with van der Waals surface area (Å²) in [5.41, 5.74) is 0.731. The van der Waals surface area contributed by atoms with Gasteiger partial charge in [-0.05, 0) is 32.1 Å². The number of nitrogens with zero attached hydrogens (tertiary/aromatic N) is 1. The Morgan fingerprint density at radius 3 is 2.56 bits per heavy atom. The SMILES string of the molecule is C=CS(=O)(=O)C(C)(C)/C=C/c1ccccn1. The van der Waals surface area contributed by atoms with Crippen LogP contribution in [0.2, 0.25) is 0 Å². The van der Waals surface area contributed by atoms with Crippen LogP contribution in [-0.4, -0.2) is 18.1 Å². The molecule has 0 aliphatic rings. The Balaban J connectivity index is 2.98.